The van der Waals surface area contributed by atoms with Gasteiger partial charge in [-0.25, -0.2) is 0 Å². The molecule has 12 heavy (non-hydrogen) atoms. The molecule has 0 unspecified atom stereocenters. The van der Waals surface area contributed by atoms with Crippen LogP contribution in [-0.2, 0) is 0 Å². The maximum absolute atomic E-state index is 8.60. The van der Waals surface area contributed by atoms with Crippen LogP contribution in [0.5, 0.6) is 0 Å². The van der Waals surface area contributed by atoms with Gasteiger partial charge in [0.1, 0.15) is 0 Å². The molecule has 0 aromatic rings. The van der Waals surface area contributed by atoms with Gasteiger partial charge in [-0.2, -0.15) is 0 Å². The topological polar surface area (TPSA) is 32.6 Å². The number of hydrogen-bond acceptors (Lipinski definition) is 2. The lowest BCUT2D eigenvalue weighted by molar-refractivity contribution is 0.315. The summed E-state index contributed by atoms with van der Waals surface area (Å²) in [5.41, 5.74) is 0.966. The van der Waals surface area contributed by atoms with Crippen molar-refractivity contribution in [3.63, 3.8) is 0 Å². The van der Waals surface area contributed by atoms with Crippen LogP contribution in [0.2, 0.25) is 0 Å². The van der Waals surface area contributed by atoms with Crippen LogP contribution in [0.1, 0.15) is 58.8 Å². The highest BCUT2D eigenvalue weighted by molar-refractivity contribution is 5.83. The second kappa shape index (κ2) is 8.57. The molecule has 0 aliphatic heterocycles. The van der Waals surface area contributed by atoms with Crippen LogP contribution >= 0.6 is 0 Å². The van der Waals surface area contributed by atoms with Gasteiger partial charge in [0.25, 0.3) is 0 Å². The molecule has 0 spiro atoms. The van der Waals surface area contributed by atoms with E-state index in [4.69, 9.17) is 5.21 Å². The van der Waals surface area contributed by atoms with Gasteiger partial charge in [0.05, 0.1) is 5.71 Å². The van der Waals surface area contributed by atoms with Crippen molar-refractivity contribution in [2.45, 2.75) is 58.8 Å². The molecule has 0 rings (SSSR count). The summed E-state index contributed by atoms with van der Waals surface area (Å²) >= 11 is 0. The molecule has 0 atom stereocenters. The molecule has 0 aliphatic carbocycles. The first-order valence-electron chi connectivity index (χ1n) is 5.04. The molecule has 0 aromatic carbocycles. The molecule has 0 saturated carbocycles. The fourth-order valence-corrected chi connectivity index (χ4v) is 1.27. The summed E-state index contributed by atoms with van der Waals surface area (Å²) in [7, 11) is 0. The number of nitrogens with zero attached hydrogens (tertiary/aromatic N) is 1. The standard InChI is InChI=1S/C10H21NO/c1-3-5-6-7-9-10(11-12)8-4-2/h12H,3-9H2,1-2H3/b11-10+. The number of unbranched alkanes of at least 4 members (excludes halogenated alkanes) is 3. The maximum atomic E-state index is 8.60. The van der Waals surface area contributed by atoms with Crippen LogP contribution in [-0.4, -0.2) is 10.9 Å². The average Bonchev–Trinajstić information content (AvgIpc) is 2.10. The van der Waals surface area contributed by atoms with E-state index in [-0.39, 0.29) is 0 Å². The van der Waals surface area contributed by atoms with Crippen LogP contribution in [0.4, 0.5) is 0 Å². The second-order valence-electron chi connectivity index (χ2n) is 3.23. The Hall–Kier alpha value is -0.530. The van der Waals surface area contributed by atoms with Crippen LogP contribution in [0.3, 0.4) is 0 Å². The first-order chi connectivity index (χ1) is 5.85. The molecule has 1 N–H and O–H groups in total. The van der Waals surface area contributed by atoms with Crippen LogP contribution in [0, 0.1) is 0 Å². The molecule has 0 amide bonds. The molecular weight excluding hydrogens is 150 g/mol. The third-order valence-electron chi connectivity index (χ3n) is 2.00. The monoisotopic (exact) mass is 171 g/mol. The van der Waals surface area contributed by atoms with Crippen molar-refractivity contribution in [1.29, 1.82) is 0 Å². The van der Waals surface area contributed by atoms with E-state index < -0.39 is 0 Å². The lowest BCUT2D eigenvalue weighted by Gasteiger charge is -2.01. The summed E-state index contributed by atoms with van der Waals surface area (Å²) in [4.78, 5) is 0. The summed E-state index contributed by atoms with van der Waals surface area (Å²) in [6.45, 7) is 4.31. The molecule has 0 aromatic heterocycles. The van der Waals surface area contributed by atoms with Crippen LogP contribution in [0.25, 0.3) is 0 Å². The van der Waals surface area contributed by atoms with Crippen molar-refractivity contribution in [3.05, 3.63) is 0 Å². The summed E-state index contributed by atoms with van der Waals surface area (Å²) in [5, 5.41) is 11.9. The summed E-state index contributed by atoms with van der Waals surface area (Å²) in [6.07, 6.45) is 8.00. The van der Waals surface area contributed by atoms with Gasteiger partial charge in [0.15, 0.2) is 0 Å². The van der Waals surface area contributed by atoms with Gasteiger partial charge in [-0.05, 0) is 19.3 Å². The van der Waals surface area contributed by atoms with E-state index in [2.05, 4.69) is 19.0 Å². The molecule has 0 saturated heterocycles. The Kier molecular flexibility index (Phi) is 8.19. The van der Waals surface area contributed by atoms with Crippen molar-refractivity contribution < 1.29 is 5.21 Å². The SMILES string of the molecule is CCCCCC/C(CCC)=N/O. The predicted octanol–water partition coefficient (Wildman–Crippen LogP) is 3.59. The molecule has 0 heterocycles. The number of rotatable bonds is 7. The lowest BCUT2D eigenvalue weighted by Crippen LogP contribution is -1.97. The van der Waals surface area contributed by atoms with E-state index in [1.807, 2.05) is 0 Å². The molecule has 2 nitrogen and oxygen atoms in total. The van der Waals surface area contributed by atoms with Crippen LogP contribution < -0.4 is 0 Å². The third kappa shape index (κ3) is 6.20. The Morgan fingerprint density at radius 2 is 1.75 bits per heavy atom. The smallest absolute Gasteiger partial charge is 0.0570 e. The van der Waals surface area contributed by atoms with Crippen molar-refractivity contribution in [1.82, 2.24) is 0 Å². The molecule has 72 valence electrons. The van der Waals surface area contributed by atoms with Gasteiger partial charge in [0, 0.05) is 0 Å². The highest BCUT2D eigenvalue weighted by Crippen LogP contribution is 2.06. The fraction of sp³-hybridized carbons (Fsp3) is 0.900. The number of hydrogen-bond donors (Lipinski definition) is 1. The normalized spacial score (nSPS) is 12.0. The lowest BCUT2D eigenvalue weighted by atomic mass is 10.1. The van der Waals surface area contributed by atoms with E-state index in [0.29, 0.717) is 0 Å². The van der Waals surface area contributed by atoms with E-state index in [0.717, 1.165) is 25.0 Å². The maximum Gasteiger partial charge on any atom is 0.0570 e. The van der Waals surface area contributed by atoms with Gasteiger partial charge in [-0.3, -0.25) is 0 Å². The second-order valence-corrected chi connectivity index (χ2v) is 3.23. The fourth-order valence-electron chi connectivity index (χ4n) is 1.27. The van der Waals surface area contributed by atoms with Crippen molar-refractivity contribution >= 4 is 5.71 Å². The summed E-state index contributed by atoms with van der Waals surface area (Å²) in [5.74, 6) is 0. The minimum absolute atomic E-state index is 0.947. The molecule has 0 bridgehead atoms. The number of oxime groups is 1. The molecular formula is C10H21NO. The van der Waals surface area contributed by atoms with Crippen molar-refractivity contribution in [3.8, 4) is 0 Å². The van der Waals surface area contributed by atoms with Gasteiger partial charge in [-0.15, -0.1) is 0 Å². The Bertz CT molecular complexity index is 121. The highest BCUT2D eigenvalue weighted by Gasteiger charge is 1.97. The minimum Gasteiger partial charge on any atom is -0.411 e. The first kappa shape index (κ1) is 11.5. The first-order valence-corrected chi connectivity index (χ1v) is 5.04. The van der Waals surface area contributed by atoms with Gasteiger partial charge < -0.3 is 5.21 Å². The Morgan fingerprint density at radius 3 is 2.25 bits per heavy atom. The van der Waals surface area contributed by atoms with E-state index in [1.54, 1.807) is 0 Å². The Morgan fingerprint density at radius 1 is 1.00 bits per heavy atom. The zero-order valence-electron chi connectivity index (χ0n) is 8.34. The average molecular weight is 171 g/mol. The van der Waals surface area contributed by atoms with E-state index in [9.17, 15) is 0 Å². The Balaban J connectivity index is 3.33. The van der Waals surface area contributed by atoms with Gasteiger partial charge in [0.2, 0.25) is 0 Å². The summed E-state index contributed by atoms with van der Waals surface area (Å²) < 4.78 is 0. The highest BCUT2D eigenvalue weighted by atomic mass is 16.4. The van der Waals surface area contributed by atoms with Crippen molar-refractivity contribution in [2.24, 2.45) is 5.16 Å². The third-order valence-corrected chi connectivity index (χ3v) is 2.00. The van der Waals surface area contributed by atoms with Crippen LogP contribution in [0.15, 0.2) is 5.16 Å². The molecule has 0 radical (unpaired) electrons. The molecule has 0 aliphatic rings. The minimum atomic E-state index is 0.947. The largest absolute Gasteiger partial charge is 0.411 e. The predicted molar refractivity (Wildman–Crippen MR) is 52.9 cm³/mol. The van der Waals surface area contributed by atoms with Gasteiger partial charge in [-0.1, -0.05) is 44.7 Å². The van der Waals surface area contributed by atoms with Gasteiger partial charge >= 0.3 is 0 Å². The zero-order valence-corrected chi connectivity index (χ0v) is 8.34. The zero-order chi connectivity index (χ0) is 9.23. The van der Waals surface area contributed by atoms with E-state index in [1.165, 1.54) is 25.7 Å². The molecule has 2 heteroatoms. The van der Waals surface area contributed by atoms with E-state index >= 15 is 0 Å². The quantitative estimate of drug-likeness (QED) is 0.270. The summed E-state index contributed by atoms with van der Waals surface area (Å²) in [6, 6.07) is 0. The van der Waals surface area contributed by atoms with Crippen molar-refractivity contribution in [2.75, 3.05) is 0 Å². The molecule has 0 fully saturated rings. The Labute approximate surface area is 75.7 Å².